The molecule has 2 amide bonds. The van der Waals surface area contributed by atoms with Crippen LogP contribution < -0.4 is 9.80 Å². The lowest BCUT2D eigenvalue weighted by molar-refractivity contribution is -0.117. The number of aryl methyl sites for hydroxylation is 1. The number of aromatic nitrogens is 2. The molecule has 4 rings (SSSR count). The van der Waals surface area contributed by atoms with E-state index in [1.54, 1.807) is 49.2 Å². The van der Waals surface area contributed by atoms with Crippen molar-refractivity contribution < 1.29 is 9.59 Å². The number of carbonyl (C=O) groups excluding carboxylic acids is 2. The summed E-state index contributed by atoms with van der Waals surface area (Å²) in [6, 6.07) is 16.1. The molecule has 1 aliphatic rings. The number of hydrogen-bond acceptors (Lipinski definition) is 4. The zero-order valence-electron chi connectivity index (χ0n) is 15.4. The van der Waals surface area contributed by atoms with Crippen molar-refractivity contribution in [2.45, 2.75) is 6.92 Å². The third-order valence-corrected chi connectivity index (χ3v) is 4.87. The van der Waals surface area contributed by atoms with E-state index in [0.717, 1.165) is 5.56 Å². The second-order valence-electron chi connectivity index (χ2n) is 6.56. The first-order chi connectivity index (χ1) is 13.4. The van der Waals surface area contributed by atoms with Gasteiger partial charge in [0.05, 0.1) is 11.4 Å². The van der Waals surface area contributed by atoms with Gasteiger partial charge in [-0.15, -0.1) is 0 Å². The Balaban J connectivity index is 1.75. The Kier molecular flexibility index (Phi) is 4.57. The number of likely N-dealkylation sites (N-methyl/N-ethyl adjacent to an activating group) is 1. The number of para-hydroxylation sites is 2. The van der Waals surface area contributed by atoms with Gasteiger partial charge in [0.15, 0.2) is 5.82 Å². The lowest BCUT2D eigenvalue weighted by atomic mass is 10.1. The maximum absolute atomic E-state index is 13.2. The fourth-order valence-electron chi connectivity index (χ4n) is 3.16. The molecule has 0 bridgehead atoms. The standard InChI is InChI=1S/C21H17ClN4O2/c1-13-11-16(24-20(23-13)14-7-9-15(22)10-8-14)21(28)26-12-19(27)25(2)17-5-3-4-6-18(17)26/h3-11H,12H2,1-2H3. The number of fused-ring (bicyclic) bond motifs is 1. The van der Waals surface area contributed by atoms with Gasteiger partial charge in [0.2, 0.25) is 5.91 Å². The zero-order valence-corrected chi connectivity index (χ0v) is 16.1. The molecular formula is C21H17ClN4O2. The molecule has 0 fully saturated rings. The van der Waals surface area contributed by atoms with Gasteiger partial charge in [-0.3, -0.25) is 14.5 Å². The van der Waals surface area contributed by atoms with Crippen LogP contribution in [-0.4, -0.2) is 35.4 Å². The Hall–Kier alpha value is -3.25. The number of carbonyl (C=O) groups is 2. The smallest absolute Gasteiger partial charge is 0.277 e. The fraction of sp³-hybridized carbons (Fsp3) is 0.143. The number of hydrogen-bond donors (Lipinski definition) is 0. The molecule has 1 aliphatic heterocycles. The van der Waals surface area contributed by atoms with E-state index in [4.69, 9.17) is 11.6 Å². The summed E-state index contributed by atoms with van der Waals surface area (Å²) in [5.74, 6) is -0.0564. The van der Waals surface area contributed by atoms with Crippen molar-refractivity contribution in [3.05, 3.63) is 71.0 Å². The summed E-state index contributed by atoms with van der Waals surface area (Å²) in [6.45, 7) is 1.77. The predicted octanol–water partition coefficient (Wildman–Crippen LogP) is 3.73. The number of benzene rings is 2. The lowest BCUT2D eigenvalue weighted by Crippen LogP contribution is -2.46. The second kappa shape index (κ2) is 7.05. The topological polar surface area (TPSA) is 66.4 Å². The van der Waals surface area contributed by atoms with Crippen LogP contribution >= 0.6 is 11.6 Å². The average Bonchev–Trinajstić information content (AvgIpc) is 2.70. The van der Waals surface area contributed by atoms with Crippen LogP contribution in [0.4, 0.5) is 11.4 Å². The van der Waals surface area contributed by atoms with E-state index in [2.05, 4.69) is 9.97 Å². The van der Waals surface area contributed by atoms with Gasteiger partial charge in [0.1, 0.15) is 12.2 Å². The van der Waals surface area contributed by atoms with Crippen molar-refractivity contribution in [2.75, 3.05) is 23.4 Å². The highest BCUT2D eigenvalue weighted by atomic mass is 35.5. The maximum Gasteiger partial charge on any atom is 0.277 e. The Morgan fingerprint density at radius 3 is 2.43 bits per heavy atom. The van der Waals surface area contributed by atoms with Crippen LogP contribution in [0.15, 0.2) is 54.6 Å². The van der Waals surface area contributed by atoms with Gasteiger partial charge in [0.25, 0.3) is 5.91 Å². The minimum Gasteiger partial charge on any atom is -0.312 e. The highest BCUT2D eigenvalue weighted by Gasteiger charge is 2.31. The summed E-state index contributed by atoms with van der Waals surface area (Å²) in [5.41, 5.74) is 3.04. The molecule has 28 heavy (non-hydrogen) atoms. The summed E-state index contributed by atoms with van der Waals surface area (Å²) in [5, 5.41) is 0.611. The fourth-order valence-corrected chi connectivity index (χ4v) is 3.29. The van der Waals surface area contributed by atoms with E-state index in [-0.39, 0.29) is 24.1 Å². The summed E-state index contributed by atoms with van der Waals surface area (Å²) < 4.78 is 0. The van der Waals surface area contributed by atoms with E-state index < -0.39 is 0 Å². The first kappa shape index (κ1) is 18.1. The van der Waals surface area contributed by atoms with Crippen molar-refractivity contribution in [1.82, 2.24) is 9.97 Å². The molecule has 2 heterocycles. The molecule has 0 saturated carbocycles. The van der Waals surface area contributed by atoms with E-state index in [0.29, 0.717) is 27.9 Å². The molecule has 0 atom stereocenters. The maximum atomic E-state index is 13.2. The molecule has 0 saturated heterocycles. The molecule has 3 aromatic rings. The molecule has 140 valence electrons. The average molecular weight is 393 g/mol. The van der Waals surface area contributed by atoms with Gasteiger partial charge in [-0.1, -0.05) is 23.7 Å². The molecule has 0 unspecified atom stereocenters. The number of halogens is 1. The van der Waals surface area contributed by atoms with Crippen LogP contribution in [-0.2, 0) is 4.79 Å². The van der Waals surface area contributed by atoms with Crippen LogP contribution in [0.1, 0.15) is 16.2 Å². The van der Waals surface area contributed by atoms with E-state index in [1.165, 1.54) is 4.90 Å². The van der Waals surface area contributed by atoms with Gasteiger partial charge >= 0.3 is 0 Å². The molecular weight excluding hydrogens is 376 g/mol. The third-order valence-electron chi connectivity index (χ3n) is 4.62. The first-order valence-corrected chi connectivity index (χ1v) is 9.11. The van der Waals surface area contributed by atoms with Gasteiger partial charge in [-0.05, 0) is 49.4 Å². The molecule has 0 radical (unpaired) electrons. The quantitative estimate of drug-likeness (QED) is 0.666. The number of anilines is 2. The van der Waals surface area contributed by atoms with Crippen LogP contribution in [0.25, 0.3) is 11.4 Å². The summed E-state index contributed by atoms with van der Waals surface area (Å²) in [6.07, 6.45) is 0. The summed E-state index contributed by atoms with van der Waals surface area (Å²) >= 11 is 5.95. The van der Waals surface area contributed by atoms with Gasteiger partial charge < -0.3 is 4.90 Å². The van der Waals surface area contributed by atoms with Gasteiger partial charge in [0, 0.05) is 23.3 Å². The Morgan fingerprint density at radius 2 is 1.71 bits per heavy atom. The van der Waals surface area contributed by atoms with Crippen molar-refractivity contribution in [2.24, 2.45) is 0 Å². The largest absolute Gasteiger partial charge is 0.312 e. The Morgan fingerprint density at radius 1 is 1.04 bits per heavy atom. The van der Waals surface area contributed by atoms with Crippen LogP contribution in [0.2, 0.25) is 5.02 Å². The van der Waals surface area contributed by atoms with Crippen LogP contribution in [0.3, 0.4) is 0 Å². The molecule has 1 aromatic heterocycles. The second-order valence-corrected chi connectivity index (χ2v) is 6.99. The normalized spacial score (nSPS) is 13.5. The summed E-state index contributed by atoms with van der Waals surface area (Å²) in [7, 11) is 1.70. The first-order valence-electron chi connectivity index (χ1n) is 8.73. The van der Waals surface area contributed by atoms with Crippen molar-refractivity contribution >= 4 is 34.8 Å². The van der Waals surface area contributed by atoms with Crippen molar-refractivity contribution in [3.8, 4) is 11.4 Å². The third kappa shape index (κ3) is 3.23. The van der Waals surface area contributed by atoms with Crippen molar-refractivity contribution in [1.29, 1.82) is 0 Å². The van der Waals surface area contributed by atoms with E-state index in [1.807, 2.05) is 24.3 Å². The number of rotatable bonds is 2. The number of nitrogens with zero attached hydrogens (tertiary/aromatic N) is 4. The highest BCUT2D eigenvalue weighted by Crippen LogP contribution is 2.33. The highest BCUT2D eigenvalue weighted by molar-refractivity contribution is 6.30. The van der Waals surface area contributed by atoms with E-state index in [9.17, 15) is 9.59 Å². The molecule has 0 aliphatic carbocycles. The van der Waals surface area contributed by atoms with Crippen LogP contribution in [0, 0.1) is 6.92 Å². The molecule has 2 aromatic carbocycles. The predicted molar refractivity (Wildman–Crippen MR) is 109 cm³/mol. The van der Waals surface area contributed by atoms with Crippen molar-refractivity contribution in [3.63, 3.8) is 0 Å². The SMILES string of the molecule is Cc1cc(C(=O)N2CC(=O)N(C)c3ccccc32)nc(-c2ccc(Cl)cc2)n1. The molecule has 0 spiro atoms. The molecule has 7 heteroatoms. The Labute approximate surface area is 167 Å². The Bertz CT molecular complexity index is 1080. The monoisotopic (exact) mass is 392 g/mol. The zero-order chi connectivity index (χ0) is 19.8. The molecule has 0 N–H and O–H groups in total. The minimum atomic E-state index is -0.338. The lowest BCUT2D eigenvalue weighted by Gasteiger charge is -2.33. The minimum absolute atomic E-state index is 0.0360. The van der Waals surface area contributed by atoms with Gasteiger partial charge in [-0.2, -0.15) is 0 Å². The van der Waals surface area contributed by atoms with Gasteiger partial charge in [-0.25, -0.2) is 9.97 Å². The number of amides is 2. The summed E-state index contributed by atoms with van der Waals surface area (Å²) in [4.78, 5) is 37.5. The van der Waals surface area contributed by atoms with Crippen LogP contribution in [0.5, 0.6) is 0 Å². The van der Waals surface area contributed by atoms with E-state index >= 15 is 0 Å². The molecule has 6 nitrogen and oxygen atoms in total.